The molecule has 5 aromatic carbocycles. The maximum Gasteiger partial charge on any atom is 0.0900 e. The number of hydrogen-bond acceptors (Lipinski definition) is 3. The molecule has 0 atom stereocenters. The van der Waals surface area contributed by atoms with Crippen LogP contribution < -0.4 is 0 Å². The highest BCUT2D eigenvalue weighted by Crippen LogP contribution is 2.63. The summed E-state index contributed by atoms with van der Waals surface area (Å²) >= 11 is 0. The fraction of sp³-hybridized carbons (Fsp3) is 0.0217. The van der Waals surface area contributed by atoms with Crippen molar-refractivity contribution in [1.82, 2.24) is 15.0 Å². The molecule has 0 unspecified atom stereocenters. The molecular formula is C46H29N3. The fourth-order valence-corrected chi connectivity index (χ4v) is 8.12. The summed E-state index contributed by atoms with van der Waals surface area (Å²) < 4.78 is 0. The summed E-state index contributed by atoms with van der Waals surface area (Å²) in [5, 5.41) is 0. The maximum atomic E-state index is 4.96. The Hall–Kier alpha value is -6.45. The van der Waals surface area contributed by atoms with Crippen LogP contribution in [-0.4, -0.2) is 15.0 Å². The molecule has 0 fully saturated rings. The van der Waals surface area contributed by atoms with Crippen LogP contribution in [0.2, 0.25) is 0 Å². The number of aromatic nitrogens is 3. The minimum Gasteiger partial charge on any atom is -0.255 e. The molecule has 3 heteroatoms. The summed E-state index contributed by atoms with van der Waals surface area (Å²) in [7, 11) is 0. The lowest BCUT2D eigenvalue weighted by atomic mass is 9.70. The van der Waals surface area contributed by atoms with E-state index >= 15 is 0 Å². The van der Waals surface area contributed by atoms with Crippen LogP contribution in [0.3, 0.4) is 0 Å². The van der Waals surface area contributed by atoms with Gasteiger partial charge in [-0.05, 0) is 109 Å². The van der Waals surface area contributed by atoms with Crippen LogP contribution >= 0.6 is 0 Å². The molecule has 0 amide bonds. The number of nitrogens with zero attached hydrogens (tertiary/aromatic N) is 3. The Bertz CT molecular complexity index is 2420. The summed E-state index contributed by atoms with van der Waals surface area (Å²) in [4.78, 5) is 14.1. The van der Waals surface area contributed by atoms with Gasteiger partial charge in [-0.2, -0.15) is 0 Å². The molecule has 0 radical (unpaired) electrons. The average molecular weight is 624 g/mol. The van der Waals surface area contributed by atoms with Gasteiger partial charge in [-0.3, -0.25) is 9.97 Å². The highest BCUT2D eigenvalue weighted by molar-refractivity contribution is 5.96. The van der Waals surface area contributed by atoms with E-state index in [1.165, 1.54) is 55.6 Å². The largest absolute Gasteiger partial charge is 0.255 e. The third-order valence-corrected chi connectivity index (χ3v) is 10.2. The van der Waals surface area contributed by atoms with E-state index < -0.39 is 0 Å². The fourth-order valence-electron chi connectivity index (χ4n) is 8.12. The summed E-state index contributed by atoms with van der Waals surface area (Å²) in [5.41, 5.74) is 18.2. The second kappa shape index (κ2) is 10.8. The molecular weight excluding hydrogens is 595 g/mol. The first kappa shape index (κ1) is 27.6. The van der Waals surface area contributed by atoms with E-state index in [1.54, 1.807) is 12.4 Å². The van der Waals surface area contributed by atoms with Crippen molar-refractivity contribution in [1.29, 1.82) is 0 Å². The van der Waals surface area contributed by atoms with Crippen molar-refractivity contribution in [3.05, 3.63) is 198 Å². The first-order valence-corrected chi connectivity index (χ1v) is 16.7. The second-order valence-electron chi connectivity index (χ2n) is 12.8. The van der Waals surface area contributed by atoms with Crippen LogP contribution in [0.4, 0.5) is 0 Å². The molecule has 10 rings (SSSR count). The smallest absolute Gasteiger partial charge is 0.0900 e. The summed E-state index contributed by atoms with van der Waals surface area (Å²) in [6.07, 6.45) is 3.61. The van der Waals surface area contributed by atoms with Gasteiger partial charge in [0.05, 0.1) is 28.2 Å². The predicted molar refractivity (Wildman–Crippen MR) is 198 cm³/mol. The zero-order chi connectivity index (χ0) is 32.4. The average Bonchev–Trinajstić information content (AvgIpc) is 3.66. The van der Waals surface area contributed by atoms with E-state index in [1.807, 2.05) is 36.4 Å². The Labute approximate surface area is 285 Å². The van der Waals surface area contributed by atoms with E-state index in [-0.39, 0.29) is 5.41 Å². The van der Waals surface area contributed by atoms with Crippen LogP contribution in [0.5, 0.6) is 0 Å². The van der Waals surface area contributed by atoms with Gasteiger partial charge < -0.3 is 0 Å². The summed E-state index contributed by atoms with van der Waals surface area (Å²) in [5.74, 6) is 0. The van der Waals surface area contributed by atoms with E-state index in [9.17, 15) is 0 Å². The molecule has 0 saturated heterocycles. The van der Waals surface area contributed by atoms with Crippen molar-refractivity contribution >= 4 is 0 Å². The normalized spacial score (nSPS) is 13.1. The van der Waals surface area contributed by atoms with Crippen LogP contribution in [0.1, 0.15) is 22.3 Å². The minimum atomic E-state index is -0.351. The number of hydrogen-bond donors (Lipinski definition) is 0. The van der Waals surface area contributed by atoms with Crippen molar-refractivity contribution in [3.8, 4) is 67.3 Å². The van der Waals surface area contributed by atoms with E-state index in [0.29, 0.717) is 0 Å². The van der Waals surface area contributed by atoms with Crippen molar-refractivity contribution in [2.24, 2.45) is 0 Å². The molecule has 0 saturated carbocycles. The molecule has 0 bridgehead atoms. The zero-order valence-corrected chi connectivity index (χ0v) is 26.6. The third-order valence-electron chi connectivity index (χ3n) is 10.2. The highest BCUT2D eigenvalue weighted by Gasteiger charge is 2.51. The lowest BCUT2D eigenvalue weighted by Gasteiger charge is -2.30. The van der Waals surface area contributed by atoms with Gasteiger partial charge in [0.1, 0.15) is 0 Å². The Morgan fingerprint density at radius 1 is 0.306 bits per heavy atom. The number of fused-ring (bicyclic) bond motifs is 10. The monoisotopic (exact) mass is 623 g/mol. The van der Waals surface area contributed by atoms with E-state index in [2.05, 4.69) is 137 Å². The topological polar surface area (TPSA) is 38.7 Å². The Morgan fingerprint density at radius 3 is 1.22 bits per heavy atom. The first-order chi connectivity index (χ1) is 24.3. The van der Waals surface area contributed by atoms with Gasteiger partial charge in [0.25, 0.3) is 0 Å². The van der Waals surface area contributed by atoms with Crippen molar-refractivity contribution in [3.63, 3.8) is 0 Å². The van der Waals surface area contributed by atoms with Crippen LogP contribution in [-0.2, 0) is 5.41 Å². The van der Waals surface area contributed by atoms with Crippen LogP contribution in [0, 0.1) is 0 Å². The molecule has 2 aliphatic carbocycles. The molecule has 3 aromatic heterocycles. The number of pyridine rings is 3. The minimum absolute atomic E-state index is 0.351. The van der Waals surface area contributed by atoms with Crippen molar-refractivity contribution in [2.45, 2.75) is 5.41 Å². The molecule has 0 N–H and O–H groups in total. The van der Waals surface area contributed by atoms with Crippen LogP contribution in [0.25, 0.3) is 67.3 Å². The lowest BCUT2D eigenvalue weighted by Crippen LogP contribution is -2.25. The van der Waals surface area contributed by atoms with Gasteiger partial charge in [-0.1, -0.05) is 121 Å². The maximum absolute atomic E-state index is 4.96. The molecule has 228 valence electrons. The van der Waals surface area contributed by atoms with E-state index in [0.717, 1.165) is 33.9 Å². The Balaban J connectivity index is 1.10. The molecule has 3 heterocycles. The molecule has 0 aliphatic heterocycles. The molecule has 1 spiro atoms. The first-order valence-electron chi connectivity index (χ1n) is 16.7. The highest BCUT2D eigenvalue weighted by atomic mass is 14.8. The molecule has 2 aliphatic rings. The van der Waals surface area contributed by atoms with Crippen molar-refractivity contribution in [2.75, 3.05) is 0 Å². The summed E-state index contributed by atoms with van der Waals surface area (Å²) in [6, 6.07) is 58.9. The predicted octanol–water partition coefficient (Wildman–Crippen LogP) is 10.9. The Morgan fingerprint density at radius 2 is 0.735 bits per heavy atom. The summed E-state index contributed by atoms with van der Waals surface area (Å²) in [6.45, 7) is 0. The molecule has 3 nitrogen and oxygen atoms in total. The van der Waals surface area contributed by atoms with Gasteiger partial charge >= 0.3 is 0 Å². The van der Waals surface area contributed by atoms with Crippen LogP contribution in [0.15, 0.2) is 176 Å². The van der Waals surface area contributed by atoms with Gasteiger partial charge in [0, 0.05) is 12.4 Å². The van der Waals surface area contributed by atoms with Crippen molar-refractivity contribution < 1.29 is 0 Å². The number of rotatable bonds is 4. The lowest BCUT2D eigenvalue weighted by molar-refractivity contribution is 0.794. The zero-order valence-electron chi connectivity index (χ0n) is 26.6. The molecule has 49 heavy (non-hydrogen) atoms. The van der Waals surface area contributed by atoms with Gasteiger partial charge in [-0.15, -0.1) is 0 Å². The Kier molecular flexibility index (Phi) is 6.09. The third kappa shape index (κ3) is 4.12. The standard InChI is InChI=1S/C46H29N3/c1-4-14-38-34(11-1)35-12-2-5-15-39(35)46(38)40-16-6-3-13-36(40)37-24-23-32(27-41(37)46)30-19-21-31(22-20-30)33-28-44(42-17-7-9-25-47-42)49-45(29-33)43-18-8-10-26-48-43/h1-29H. The SMILES string of the molecule is c1ccc(-c2cc(-c3ccc(-c4ccc5c(c4)C4(c6ccccc6-c6ccccc64)c4ccccc4-5)cc3)cc(-c3ccccn3)n2)nc1. The van der Waals surface area contributed by atoms with Gasteiger partial charge in [0.2, 0.25) is 0 Å². The van der Waals surface area contributed by atoms with E-state index in [4.69, 9.17) is 4.98 Å². The quantitative estimate of drug-likeness (QED) is 0.196. The molecule has 8 aromatic rings. The van der Waals surface area contributed by atoms with Gasteiger partial charge in [-0.25, -0.2) is 4.98 Å². The van der Waals surface area contributed by atoms with Gasteiger partial charge in [0.15, 0.2) is 0 Å². The number of benzene rings is 5. The second-order valence-corrected chi connectivity index (χ2v) is 12.8.